The fourth-order valence-electron chi connectivity index (χ4n) is 3.40. The monoisotopic (exact) mass is 345 g/mol. The molecular formula is C17H20ClN5O. The van der Waals surface area contributed by atoms with Crippen molar-refractivity contribution in [3.63, 3.8) is 0 Å². The van der Waals surface area contributed by atoms with E-state index in [0.29, 0.717) is 10.8 Å². The van der Waals surface area contributed by atoms with Crippen LogP contribution in [0.2, 0.25) is 0 Å². The van der Waals surface area contributed by atoms with Crippen LogP contribution < -0.4 is 21.3 Å². The van der Waals surface area contributed by atoms with Crippen LogP contribution >= 0.6 is 11.6 Å². The van der Waals surface area contributed by atoms with Gasteiger partial charge in [-0.3, -0.25) is 10.7 Å². The Balaban J connectivity index is 1.73. The van der Waals surface area contributed by atoms with Gasteiger partial charge in [-0.2, -0.15) is 0 Å². The molecule has 0 aliphatic carbocycles. The van der Waals surface area contributed by atoms with E-state index in [4.69, 9.17) is 27.8 Å². The third-order valence-electron chi connectivity index (χ3n) is 4.49. The summed E-state index contributed by atoms with van der Waals surface area (Å²) in [6.07, 6.45) is 10.9. The van der Waals surface area contributed by atoms with Crippen molar-refractivity contribution >= 4 is 23.0 Å². The number of allylic oxidation sites excluding steroid dienone is 2. The van der Waals surface area contributed by atoms with Gasteiger partial charge in [-0.15, -0.1) is 0 Å². The highest BCUT2D eigenvalue weighted by Crippen LogP contribution is 2.40. The summed E-state index contributed by atoms with van der Waals surface area (Å²) in [6.45, 7) is 1.83. The van der Waals surface area contributed by atoms with E-state index < -0.39 is 6.23 Å². The number of aromatic nitrogens is 1. The first-order valence-electron chi connectivity index (χ1n) is 8.09. The second kappa shape index (κ2) is 6.12. The molecule has 4 N–H and O–H groups in total. The summed E-state index contributed by atoms with van der Waals surface area (Å²) in [5, 5.41) is 0.552. The van der Waals surface area contributed by atoms with Crippen molar-refractivity contribution in [3.8, 4) is 0 Å². The second-order valence-electron chi connectivity index (χ2n) is 6.21. The molecular weight excluding hydrogens is 326 g/mol. The van der Waals surface area contributed by atoms with Crippen LogP contribution in [0.25, 0.3) is 0 Å². The molecule has 126 valence electrons. The van der Waals surface area contributed by atoms with Gasteiger partial charge in [0.25, 0.3) is 0 Å². The number of ether oxygens (including phenoxy) is 1. The van der Waals surface area contributed by atoms with Gasteiger partial charge in [0.15, 0.2) is 12.0 Å². The van der Waals surface area contributed by atoms with Crippen LogP contribution in [0.5, 0.6) is 0 Å². The lowest BCUT2D eigenvalue weighted by atomic mass is 10.1. The summed E-state index contributed by atoms with van der Waals surface area (Å²) in [7, 11) is 0. The highest BCUT2D eigenvalue weighted by atomic mass is 35.5. The molecule has 2 atom stereocenters. The molecule has 0 amide bonds. The Hall–Kier alpha value is -2.02. The lowest BCUT2D eigenvalue weighted by Crippen LogP contribution is -2.43. The Morgan fingerprint density at radius 2 is 2.17 bits per heavy atom. The van der Waals surface area contributed by atoms with E-state index in [0.717, 1.165) is 43.0 Å². The fourth-order valence-corrected chi connectivity index (χ4v) is 3.59. The van der Waals surface area contributed by atoms with Gasteiger partial charge in [-0.1, -0.05) is 11.6 Å². The second-order valence-corrected chi connectivity index (χ2v) is 6.62. The van der Waals surface area contributed by atoms with E-state index in [2.05, 4.69) is 9.88 Å². The number of anilines is 2. The minimum atomic E-state index is -0.491. The van der Waals surface area contributed by atoms with Crippen molar-refractivity contribution in [1.82, 2.24) is 4.98 Å². The predicted octanol–water partition coefficient (Wildman–Crippen LogP) is 1.99. The molecule has 0 aromatic carbocycles. The average molecular weight is 346 g/mol. The normalized spacial score (nSPS) is 26.4. The maximum atomic E-state index is 6.25. The lowest BCUT2D eigenvalue weighted by Gasteiger charge is -2.36. The Bertz CT molecular complexity index is 744. The fraction of sp³-hybridized carbons (Fsp3) is 0.353. The number of fused-ring (bicyclic) bond motifs is 1. The van der Waals surface area contributed by atoms with Crippen molar-refractivity contribution in [1.29, 1.82) is 0 Å². The van der Waals surface area contributed by atoms with Crippen LogP contribution in [0, 0.1) is 0 Å². The predicted molar refractivity (Wildman–Crippen MR) is 95.3 cm³/mol. The van der Waals surface area contributed by atoms with E-state index in [1.54, 1.807) is 0 Å². The van der Waals surface area contributed by atoms with Crippen molar-refractivity contribution in [2.45, 2.75) is 25.1 Å². The molecule has 4 rings (SSSR count). The highest BCUT2D eigenvalue weighted by molar-refractivity contribution is 6.32. The molecule has 1 fully saturated rings. The van der Waals surface area contributed by atoms with E-state index >= 15 is 0 Å². The number of hydrogen-bond donors (Lipinski definition) is 2. The number of nitrogens with zero attached hydrogens (tertiary/aromatic N) is 3. The van der Waals surface area contributed by atoms with Gasteiger partial charge in [0.1, 0.15) is 0 Å². The minimum absolute atomic E-state index is 0.198. The molecule has 0 saturated carbocycles. The summed E-state index contributed by atoms with van der Waals surface area (Å²) in [6, 6.07) is 2.22. The molecule has 4 heterocycles. The Morgan fingerprint density at radius 1 is 1.29 bits per heavy atom. The Kier molecular flexibility index (Phi) is 3.96. The molecule has 6 nitrogen and oxygen atoms in total. The maximum absolute atomic E-state index is 6.25. The van der Waals surface area contributed by atoms with E-state index in [9.17, 15) is 0 Å². The number of nitrogens with two attached hydrogens (primary N) is 2. The largest absolute Gasteiger partial charge is 0.468 e. The first-order chi connectivity index (χ1) is 11.6. The molecule has 1 aromatic rings. The molecule has 3 aliphatic heterocycles. The SMILES string of the molecule is NC1CCCN(c2ccncc2N2C=CC(Cl)=C3OC(N)C=C32)C1. The Labute approximate surface area is 146 Å². The van der Waals surface area contributed by atoms with Crippen molar-refractivity contribution in [2.75, 3.05) is 22.9 Å². The van der Waals surface area contributed by atoms with Gasteiger partial charge in [-0.05, 0) is 31.1 Å². The first-order valence-corrected chi connectivity index (χ1v) is 8.47. The average Bonchev–Trinajstić information content (AvgIpc) is 2.98. The third-order valence-corrected chi connectivity index (χ3v) is 4.79. The zero-order valence-electron chi connectivity index (χ0n) is 13.2. The third kappa shape index (κ3) is 2.66. The zero-order chi connectivity index (χ0) is 16.7. The topological polar surface area (TPSA) is 80.6 Å². The van der Waals surface area contributed by atoms with Gasteiger partial charge >= 0.3 is 0 Å². The van der Waals surface area contributed by atoms with Crippen LogP contribution in [-0.4, -0.2) is 30.3 Å². The first kappa shape index (κ1) is 15.5. The molecule has 7 heteroatoms. The molecule has 0 radical (unpaired) electrons. The number of piperidine rings is 1. The molecule has 24 heavy (non-hydrogen) atoms. The van der Waals surface area contributed by atoms with Gasteiger partial charge in [0.05, 0.1) is 28.3 Å². The van der Waals surface area contributed by atoms with Crippen LogP contribution in [-0.2, 0) is 4.74 Å². The summed E-state index contributed by atoms with van der Waals surface area (Å²) >= 11 is 6.25. The molecule has 1 saturated heterocycles. The van der Waals surface area contributed by atoms with Crippen molar-refractivity contribution in [3.05, 3.63) is 53.3 Å². The number of pyridine rings is 1. The van der Waals surface area contributed by atoms with E-state index in [1.165, 1.54) is 0 Å². The summed E-state index contributed by atoms with van der Waals surface area (Å²) in [5.74, 6) is 0.608. The van der Waals surface area contributed by atoms with Gasteiger partial charge in [-0.25, -0.2) is 0 Å². The highest BCUT2D eigenvalue weighted by Gasteiger charge is 2.31. The van der Waals surface area contributed by atoms with Crippen LogP contribution in [0.1, 0.15) is 12.8 Å². The summed E-state index contributed by atoms with van der Waals surface area (Å²) in [5.41, 5.74) is 15.0. The van der Waals surface area contributed by atoms with Gasteiger partial charge < -0.3 is 20.3 Å². The van der Waals surface area contributed by atoms with Crippen LogP contribution in [0.4, 0.5) is 11.4 Å². The summed E-state index contributed by atoms with van der Waals surface area (Å²) in [4.78, 5) is 8.64. The minimum Gasteiger partial charge on any atom is -0.468 e. The van der Waals surface area contributed by atoms with E-state index in [-0.39, 0.29) is 6.04 Å². The molecule has 1 aromatic heterocycles. The molecule has 0 spiro atoms. The van der Waals surface area contributed by atoms with Gasteiger partial charge in [0, 0.05) is 31.5 Å². The van der Waals surface area contributed by atoms with Crippen LogP contribution in [0.15, 0.2) is 53.3 Å². The van der Waals surface area contributed by atoms with Gasteiger partial charge in [0.2, 0.25) is 0 Å². The molecule has 3 aliphatic rings. The zero-order valence-corrected chi connectivity index (χ0v) is 14.0. The maximum Gasteiger partial charge on any atom is 0.169 e. The Morgan fingerprint density at radius 3 is 3.00 bits per heavy atom. The summed E-state index contributed by atoms with van der Waals surface area (Å²) < 4.78 is 5.62. The van der Waals surface area contributed by atoms with Crippen molar-refractivity contribution in [2.24, 2.45) is 11.5 Å². The van der Waals surface area contributed by atoms with E-state index in [1.807, 2.05) is 41.7 Å². The number of hydrogen-bond acceptors (Lipinski definition) is 6. The van der Waals surface area contributed by atoms with Crippen molar-refractivity contribution < 1.29 is 4.74 Å². The number of halogens is 1. The quantitative estimate of drug-likeness (QED) is 0.853. The standard InChI is InChI=1S/C17H20ClN5O/c18-12-4-7-23(14-8-16(20)24-17(12)14)15-9-21-5-3-13(15)22-6-1-2-11(19)10-22/h3-5,7-9,11,16H,1-2,6,10,19-20H2. The lowest BCUT2D eigenvalue weighted by molar-refractivity contribution is 0.185. The smallest absolute Gasteiger partial charge is 0.169 e. The molecule has 2 unspecified atom stereocenters. The number of rotatable bonds is 2. The molecule has 0 bridgehead atoms. The van der Waals surface area contributed by atoms with Crippen LogP contribution in [0.3, 0.4) is 0 Å².